The van der Waals surface area contributed by atoms with E-state index in [1.807, 2.05) is 19.1 Å². The fourth-order valence-corrected chi connectivity index (χ4v) is 5.55. The van der Waals surface area contributed by atoms with Crippen LogP contribution < -0.4 is 5.32 Å². The quantitative estimate of drug-likeness (QED) is 0.0461. The smallest absolute Gasteiger partial charge is 0.220 e. The van der Waals surface area contributed by atoms with Gasteiger partial charge in [-0.15, -0.1) is 0 Å². The molecular formula is C37H67NO8. The van der Waals surface area contributed by atoms with Crippen LogP contribution >= 0.6 is 0 Å². The average molecular weight is 654 g/mol. The number of hydrogen-bond acceptors (Lipinski definition) is 8. The Hall–Kier alpha value is -1.59. The van der Waals surface area contributed by atoms with Gasteiger partial charge >= 0.3 is 0 Å². The maximum absolute atomic E-state index is 12.8. The van der Waals surface area contributed by atoms with Crippen LogP contribution in [0.1, 0.15) is 136 Å². The van der Waals surface area contributed by atoms with Gasteiger partial charge < -0.3 is 40.3 Å². The largest absolute Gasteiger partial charge is 0.394 e. The fourth-order valence-electron chi connectivity index (χ4n) is 5.55. The van der Waals surface area contributed by atoms with Crippen molar-refractivity contribution in [2.45, 2.75) is 179 Å². The Bertz CT molecular complexity index is 817. The molecule has 6 N–H and O–H groups in total. The molecule has 9 heteroatoms. The van der Waals surface area contributed by atoms with Crippen LogP contribution in [0.25, 0.3) is 0 Å². The Morgan fingerprint density at radius 1 is 0.761 bits per heavy atom. The first-order chi connectivity index (χ1) is 22.3. The van der Waals surface area contributed by atoms with Gasteiger partial charge in [-0.3, -0.25) is 4.79 Å². The molecule has 0 aromatic carbocycles. The van der Waals surface area contributed by atoms with Crippen molar-refractivity contribution in [3.8, 4) is 0 Å². The summed E-state index contributed by atoms with van der Waals surface area (Å²) in [6, 6.07) is -0.820. The van der Waals surface area contributed by atoms with Crippen molar-refractivity contribution in [2.75, 3.05) is 13.2 Å². The molecule has 0 spiro atoms. The molecule has 7 unspecified atom stereocenters. The van der Waals surface area contributed by atoms with E-state index in [9.17, 15) is 30.3 Å². The molecule has 1 heterocycles. The Labute approximate surface area is 279 Å². The van der Waals surface area contributed by atoms with Gasteiger partial charge in [-0.2, -0.15) is 0 Å². The molecule has 0 bridgehead atoms. The molecule has 0 aromatic rings. The first-order valence-corrected chi connectivity index (χ1v) is 18.2. The van der Waals surface area contributed by atoms with Crippen LogP contribution in [-0.4, -0.2) is 87.5 Å². The number of rotatable bonds is 28. The molecule has 1 amide bonds. The Morgan fingerprint density at radius 3 is 1.83 bits per heavy atom. The third kappa shape index (κ3) is 19.9. The summed E-state index contributed by atoms with van der Waals surface area (Å²) in [5.74, 6) is -0.196. The first kappa shape index (κ1) is 42.4. The molecule has 1 rings (SSSR count). The standard InChI is InChI=1S/C37H67NO8/c1-3-5-7-9-11-13-14-15-16-17-19-21-23-25-27-33(41)38-30(31(40)26-24-22-20-18-12-10-8-6-4-2)29-45-37-36(44)35(43)34(42)32(28-39)46-37/h4,6,12,18,24,26,30-32,34-37,39-40,42-44H,3,5,7-11,13-17,19-23,25,27-29H2,1-2H3,(H,38,41)/b6-4+,18-12+,26-24+. The summed E-state index contributed by atoms with van der Waals surface area (Å²) >= 11 is 0. The lowest BCUT2D eigenvalue weighted by Gasteiger charge is -2.40. The predicted octanol–water partition coefficient (Wildman–Crippen LogP) is 5.77. The van der Waals surface area contributed by atoms with Crippen molar-refractivity contribution in [2.24, 2.45) is 0 Å². The van der Waals surface area contributed by atoms with Gasteiger partial charge in [0.1, 0.15) is 24.4 Å². The lowest BCUT2D eigenvalue weighted by Crippen LogP contribution is -2.60. The Kier molecular flexibility index (Phi) is 26.2. The molecule has 1 aliphatic heterocycles. The maximum Gasteiger partial charge on any atom is 0.220 e. The van der Waals surface area contributed by atoms with Crippen LogP contribution in [0.4, 0.5) is 0 Å². The number of unbranched alkanes of at least 4 members (excludes halogenated alkanes) is 15. The number of amides is 1. The van der Waals surface area contributed by atoms with Crippen molar-refractivity contribution in [1.82, 2.24) is 5.32 Å². The molecule has 0 radical (unpaired) electrons. The second-order valence-corrected chi connectivity index (χ2v) is 12.7. The van der Waals surface area contributed by atoms with Crippen molar-refractivity contribution < 1.29 is 39.8 Å². The van der Waals surface area contributed by atoms with Crippen LogP contribution in [-0.2, 0) is 14.3 Å². The summed E-state index contributed by atoms with van der Waals surface area (Å²) in [6.07, 6.45) is 25.0. The first-order valence-electron chi connectivity index (χ1n) is 18.2. The summed E-state index contributed by atoms with van der Waals surface area (Å²) in [6.45, 7) is 3.48. The second kappa shape index (κ2) is 28.4. The summed E-state index contributed by atoms with van der Waals surface area (Å²) in [4.78, 5) is 12.8. The van der Waals surface area contributed by atoms with E-state index >= 15 is 0 Å². The van der Waals surface area contributed by atoms with Gasteiger partial charge in [0.05, 0.1) is 25.4 Å². The highest BCUT2D eigenvalue weighted by Gasteiger charge is 2.44. The van der Waals surface area contributed by atoms with Crippen molar-refractivity contribution in [1.29, 1.82) is 0 Å². The molecule has 0 saturated carbocycles. The van der Waals surface area contributed by atoms with E-state index < -0.39 is 49.5 Å². The fraction of sp³-hybridized carbons (Fsp3) is 0.811. The topological polar surface area (TPSA) is 149 Å². The summed E-state index contributed by atoms with van der Waals surface area (Å²) in [5.41, 5.74) is 0. The van der Waals surface area contributed by atoms with Gasteiger partial charge in [-0.25, -0.2) is 0 Å². The van der Waals surface area contributed by atoms with Gasteiger partial charge in [-0.05, 0) is 39.0 Å². The zero-order valence-corrected chi connectivity index (χ0v) is 28.8. The van der Waals surface area contributed by atoms with Gasteiger partial charge in [-0.1, -0.05) is 127 Å². The minimum absolute atomic E-state index is 0.196. The molecule has 268 valence electrons. The van der Waals surface area contributed by atoms with E-state index in [2.05, 4.69) is 30.5 Å². The van der Waals surface area contributed by atoms with Crippen LogP contribution in [0.5, 0.6) is 0 Å². The molecule has 1 aliphatic rings. The lowest BCUT2D eigenvalue weighted by molar-refractivity contribution is -0.302. The van der Waals surface area contributed by atoms with E-state index in [0.29, 0.717) is 6.42 Å². The van der Waals surface area contributed by atoms with E-state index in [0.717, 1.165) is 44.9 Å². The monoisotopic (exact) mass is 653 g/mol. The number of aliphatic hydroxyl groups is 5. The van der Waals surface area contributed by atoms with Crippen LogP contribution in [0.3, 0.4) is 0 Å². The molecule has 1 saturated heterocycles. The Balaban J connectivity index is 2.46. The zero-order valence-electron chi connectivity index (χ0n) is 28.8. The highest BCUT2D eigenvalue weighted by atomic mass is 16.7. The third-order valence-corrected chi connectivity index (χ3v) is 8.54. The molecule has 46 heavy (non-hydrogen) atoms. The van der Waals surface area contributed by atoms with Crippen molar-refractivity contribution in [3.63, 3.8) is 0 Å². The maximum atomic E-state index is 12.8. The number of ether oxygens (including phenoxy) is 2. The SMILES string of the molecule is C/C=C/CC/C=C/CC/C=C/C(O)C(COC1OC(CO)C(O)C(O)C1O)NC(=O)CCCCCCCCCCCCCCCC. The minimum atomic E-state index is -1.57. The number of hydrogen-bond donors (Lipinski definition) is 6. The van der Waals surface area contributed by atoms with E-state index in [4.69, 9.17) is 9.47 Å². The van der Waals surface area contributed by atoms with E-state index in [1.54, 1.807) is 6.08 Å². The third-order valence-electron chi connectivity index (χ3n) is 8.54. The van der Waals surface area contributed by atoms with E-state index in [-0.39, 0.29) is 12.5 Å². The number of carbonyl (C=O) groups excluding carboxylic acids is 1. The van der Waals surface area contributed by atoms with Crippen LogP contribution in [0, 0.1) is 0 Å². The van der Waals surface area contributed by atoms with Crippen molar-refractivity contribution >= 4 is 5.91 Å². The van der Waals surface area contributed by atoms with Gasteiger partial charge in [0.25, 0.3) is 0 Å². The normalized spacial score (nSPS) is 23.5. The summed E-state index contributed by atoms with van der Waals surface area (Å²) in [7, 11) is 0. The predicted molar refractivity (Wildman–Crippen MR) is 184 cm³/mol. The molecule has 0 aliphatic carbocycles. The Morgan fingerprint density at radius 2 is 1.28 bits per heavy atom. The molecule has 1 fully saturated rings. The summed E-state index contributed by atoms with van der Waals surface area (Å²) < 4.78 is 11.1. The molecule has 9 nitrogen and oxygen atoms in total. The van der Waals surface area contributed by atoms with Crippen molar-refractivity contribution in [3.05, 3.63) is 36.5 Å². The number of nitrogens with one attached hydrogen (secondary N) is 1. The lowest BCUT2D eigenvalue weighted by atomic mass is 9.99. The van der Waals surface area contributed by atoms with Gasteiger partial charge in [0.15, 0.2) is 6.29 Å². The number of carbonyl (C=O) groups is 1. The van der Waals surface area contributed by atoms with E-state index in [1.165, 1.54) is 70.6 Å². The summed E-state index contributed by atoms with van der Waals surface area (Å²) in [5, 5.41) is 53.7. The molecule has 7 atom stereocenters. The van der Waals surface area contributed by atoms with Crippen LogP contribution in [0.15, 0.2) is 36.5 Å². The number of allylic oxidation sites excluding steroid dienone is 5. The second-order valence-electron chi connectivity index (χ2n) is 12.7. The van der Waals surface area contributed by atoms with Gasteiger partial charge in [0, 0.05) is 6.42 Å². The minimum Gasteiger partial charge on any atom is -0.394 e. The average Bonchev–Trinajstić information content (AvgIpc) is 3.05. The zero-order chi connectivity index (χ0) is 33.8. The highest BCUT2D eigenvalue weighted by Crippen LogP contribution is 2.22. The van der Waals surface area contributed by atoms with Gasteiger partial charge in [0.2, 0.25) is 5.91 Å². The number of aliphatic hydroxyl groups excluding tert-OH is 5. The molecular weight excluding hydrogens is 586 g/mol. The van der Waals surface area contributed by atoms with Crippen LogP contribution in [0.2, 0.25) is 0 Å². The highest BCUT2D eigenvalue weighted by molar-refractivity contribution is 5.76. The molecule has 0 aromatic heterocycles.